The van der Waals surface area contributed by atoms with Gasteiger partial charge in [0.2, 0.25) is 0 Å². The molecule has 1 fully saturated rings. The molecule has 0 radical (unpaired) electrons. The van der Waals surface area contributed by atoms with Gasteiger partial charge in [0.15, 0.2) is 0 Å². The molecule has 1 aliphatic carbocycles. The highest BCUT2D eigenvalue weighted by Crippen LogP contribution is 2.23. The highest BCUT2D eigenvalue weighted by molar-refractivity contribution is 7.87. The quantitative estimate of drug-likeness (QED) is 0.863. The number of aromatic nitrogens is 2. The Balaban J connectivity index is 1.98. The summed E-state index contributed by atoms with van der Waals surface area (Å²) in [4.78, 5) is 7.45. The molecule has 0 amide bonds. The predicted octanol–water partition coefficient (Wildman–Crippen LogP) is 2.01. The van der Waals surface area contributed by atoms with Gasteiger partial charge in [-0.3, -0.25) is 0 Å². The van der Waals surface area contributed by atoms with E-state index in [0.717, 1.165) is 38.2 Å². The molecule has 124 valence electrons. The maximum atomic E-state index is 12.6. The largest absolute Gasteiger partial charge is 0.280 e. The highest BCUT2D eigenvalue weighted by atomic mass is 32.2. The molecule has 1 N–H and O–H groups in total. The van der Waals surface area contributed by atoms with Gasteiger partial charge in [-0.1, -0.05) is 19.3 Å². The van der Waals surface area contributed by atoms with Crippen molar-refractivity contribution >= 4 is 10.2 Å². The van der Waals surface area contributed by atoms with Crippen LogP contribution in [0, 0.1) is 0 Å². The first kappa shape index (κ1) is 17.2. The Bertz CT molecular complexity index is 591. The van der Waals surface area contributed by atoms with Crippen molar-refractivity contribution in [3.63, 3.8) is 0 Å². The monoisotopic (exact) mass is 334 g/mol. The predicted molar refractivity (Wildman–Crippen MR) is 77.4 cm³/mol. The van der Waals surface area contributed by atoms with Crippen LogP contribution in [0.4, 0.5) is 8.78 Å². The average Bonchev–Trinajstić information content (AvgIpc) is 2.53. The fraction of sp³-hybridized carbons (Fsp3) is 0.692. The van der Waals surface area contributed by atoms with Crippen LogP contribution in [0.15, 0.2) is 12.3 Å². The fourth-order valence-corrected chi connectivity index (χ4v) is 3.64. The number of halogens is 2. The van der Waals surface area contributed by atoms with Crippen molar-refractivity contribution in [2.75, 3.05) is 7.05 Å². The van der Waals surface area contributed by atoms with Crippen molar-refractivity contribution in [1.82, 2.24) is 19.0 Å². The standard InChI is InChI=1S/C13H20F2N4O2S/c1-19(10-5-3-2-4-6-10)22(20,21)17-9-12-16-8-7-11(18-12)13(14)15/h7-8,10,13,17H,2-6,9H2,1H3. The van der Waals surface area contributed by atoms with E-state index >= 15 is 0 Å². The lowest BCUT2D eigenvalue weighted by atomic mass is 9.96. The Morgan fingerprint density at radius 3 is 2.68 bits per heavy atom. The Hall–Kier alpha value is -1.19. The van der Waals surface area contributed by atoms with Crippen LogP contribution in [-0.2, 0) is 16.8 Å². The number of rotatable bonds is 6. The molecule has 0 spiro atoms. The van der Waals surface area contributed by atoms with Crippen molar-refractivity contribution in [3.05, 3.63) is 23.8 Å². The minimum atomic E-state index is -3.68. The zero-order chi connectivity index (χ0) is 16.2. The van der Waals surface area contributed by atoms with E-state index in [-0.39, 0.29) is 18.4 Å². The first-order chi connectivity index (χ1) is 10.4. The molecule has 0 unspecified atom stereocenters. The third-order valence-corrected chi connectivity index (χ3v) is 5.40. The molecule has 0 bridgehead atoms. The molecule has 1 aromatic rings. The maximum Gasteiger partial charge on any atom is 0.280 e. The van der Waals surface area contributed by atoms with Crippen molar-refractivity contribution in [2.24, 2.45) is 0 Å². The van der Waals surface area contributed by atoms with Gasteiger partial charge in [0, 0.05) is 19.3 Å². The summed E-state index contributed by atoms with van der Waals surface area (Å²) in [6.45, 7) is -0.208. The molecule has 9 heteroatoms. The molecular weight excluding hydrogens is 314 g/mol. The van der Waals surface area contributed by atoms with Crippen LogP contribution in [0.2, 0.25) is 0 Å². The van der Waals surface area contributed by atoms with Gasteiger partial charge < -0.3 is 0 Å². The van der Waals surface area contributed by atoms with Crippen LogP contribution in [0.1, 0.15) is 50.0 Å². The van der Waals surface area contributed by atoms with Crippen LogP contribution in [0.25, 0.3) is 0 Å². The minimum absolute atomic E-state index is 0.0143. The summed E-state index contributed by atoms with van der Waals surface area (Å²) in [6, 6.07) is 1.09. The molecule has 6 nitrogen and oxygen atoms in total. The molecule has 0 aromatic carbocycles. The van der Waals surface area contributed by atoms with Crippen LogP contribution in [0.5, 0.6) is 0 Å². The van der Waals surface area contributed by atoms with E-state index in [1.54, 1.807) is 0 Å². The Morgan fingerprint density at radius 1 is 1.36 bits per heavy atom. The normalized spacial score (nSPS) is 17.3. The van der Waals surface area contributed by atoms with E-state index in [2.05, 4.69) is 14.7 Å². The number of alkyl halides is 2. The lowest BCUT2D eigenvalue weighted by Gasteiger charge is -2.30. The number of nitrogens with zero attached hydrogens (tertiary/aromatic N) is 3. The number of nitrogens with one attached hydrogen (secondary N) is 1. The van der Waals surface area contributed by atoms with Gasteiger partial charge in [-0.05, 0) is 18.9 Å². The van der Waals surface area contributed by atoms with Crippen LogP contribution < -0.4 is 4.72 Å². The van der Waals surface area contributed by atoms with E-state index in [9.17, 15) is 17.2 Å². The van der Waals surface area contributed by atoms with Crippen molar-refractivity contribution in [3.8, 4) is 0 Å². The van der Waals surface area contributed by atoms with Gasteiger partial charge in [-0.25, -0.2) is 18.7 Å². The molecule has 1 aromatic heterocycles. The van der Waals surface area contributed by atoms with Gasteiger partial charge in [0.25, 0.3) is 16.6 Å². The second-order valence-corrected chi connectivity index (χ2v) is 7.15. The van der Waals surface area contributed by atoms with Gasteiger partial charge in [-0.2, -0.15) is 17.4 Å². The summed E-state index contributed by atoms with van der Waals surface area (Å²) in [5.74, 6) is 0.0263. The van der Waals surface area contributed by atoms with Gasteiger partial charge >= 0.3 is 0 Å². The smallest absolute Gasteiger partial charge is 0.240 e. The molecule has 0 saturated heterocycles. The summed E-state index contributed by atoms with van der Waals surface area (Å²) in [7, 11) is -2.14. The van der Waals surface area contributed by atoms with Crippen molar-refractivity contribution in [2.45, 2.75) is 51.1 Å². The van der Waals surface area contributed by atoms with E-state index in [0.29, 0.717) is 0 Å². The lowest BCUT2D eigenvalue weighted by Crippen LogP contribution is -2.44. The second kappa shape index (κ2) is 7.38. The minimum Gasteiger partial charge on any atom is -0.240 e. The number of hydrogen-bond donors (Lipinski definition) is 1. The Morgan fingerprint density at radius 2 is 2.05 bits per heavy atom. The van der Waals surface area contributed by atoms with Crippen molar-refractivity contribution in [1.29, 1.82) is 0 Å². The molecule has 1 aliphatic rings. The van der Waals surface area contributed by atoms with Crippen LogP contribution in [-0.4, -0.2) is 35.8 Å². The SMILES string of the molecule is CN(C1CCCCC1)S(=O)(=O)NCc1nccc(C(F)F)n1. The van der Waals surface area contributed by atoms with E-state index in [1.165, 1.54) is 17.5 Å². The van der Waals surface area contributed by atoms with Crippen LogP contribution in [0.3, 0.4) is 0 Å². The first-order valence-electron chi connectivity index (χ1n) is 7.23. The third kappa shape index (κ3) is 4.40. The number of hydrogen-bond acceptors (Lipinski definition) is 4. The first-order valence-corrected chi connectivity index (χ1v) is 8.67. The average molecular weight is 334 g/mol. The molecule has 22 heavy (non-hydrogen) atoms. The Kier molecular flexibility index (Phi) is 5.76. The topological polar surface area (TPSA) is 75.2 Å². The molecule has 0 atom stereocenters. The summed E-state index contributed by atoms with van der Waals surface area (Å²) >= 11 is 0. The van der Waals surface area contributed by atoms with E-state index < -0.39 is 22.3 Å². The van der Waals surface area contributed by atoms with E-state index in [1.807, 2.05) is 0 Å². The lowest BCUT2D eigenvalue weighted by molar-refractivity contribution is 0.145. The van der Waals surface area contributed by atoms with Gasteiger partial charge in [0.1, 0.15) is 11.5 Å². The molecule has 2 rings (SSSR count). The van der Waals surface area contributed by atoms with Crippen LogP contribution >= 0.6 is 0 Å². The molecule has 1 heterocycles. The molecule has 0 aliphatic heterocycles. The molecular formula is C13H20F2N4O2S. The van der Waals surface area contributed by atoms with Crippen molar-refractivity contribution < 1.29 is 17.2 Å². The van der Waals surface area contributed by atoms with Gasteiger partial charge in [-0.15, -0.1) is 0 Å². The zero-order valence-electron chi connectivity index (χ0n) is 12.4. The third-order valence-electron chi connectivity index (χ3n) is 3.83. The highest BCUT2D eigenvalue weighted by Gasteiger charge is 2.27. The van der Waals surface area contributed by atoms with E-state index in [4.69, 9.17) is 0 Å². The zero-order valence-corrected chi connectivity index (χ0v) is 13.2. The fourth-order valence-electron chi connectivity index (χ4n) is 2.52. The summed E-state index contributed by atoms with van der Waals surface area (Å²) in [5.41, 5.74) is -0.412. The van der Waals surface area contributed by atoms with Gasteiger partial charge in [0.05, 0.1) is 6.54 Å². The summed E-state index contributed by atoms with van der Waals surface area (Å²) < 4.78 is 53.3. The summed E-state index contributed by atoms with van der Waals surface area (Å²) in [6.07, 6.45) is 3.34. The molecule has 1 saturated carbocycles. The maximum absolute atomic E-state index is 12.6. The second-order valence-electron chi connectivity index (χ2n) is 5.33. The Labute approximate surface area is 129 Å². The summed E-state index contributed by atoms with van der Waals surface area (Å²) in [5, 5.41) is 0.